The van der Waals surface area contributed by atoms with E-state index in [4.69, 9.17) is 31.5 Å². The molecule has 0 saturated heterocycles. The van der Waals surface area contributed by atoms with Gasteiger partial charge in [-0.3, -0.25) is 0 Å². The molecule has 3 N–H and O–H groups in total. The number of carbonyl (C=O) groups is 1. The van der Waals surface area contributed by atoms with Gasteiger partial charge in [-0.1, -0.05) is 37.6 Å². The van der Waals surface area contributed by atoms with Crippen LogP contribution in [0.3, 0.4) is 0 Å². The third-order valence-electron chi connectivity index (χ3n) is 4.30. The van der Waals surface area contributed by atoms with Crippen LogP contribution in [0.4, 0.5) is 4.79 Å². The van der Waals surface area contributed by atoms with Gasteiger partial charge in [0, 0.05) is 0 Å². The highest BCUT2D eigenvalue weighted by Crippen LogP contribution is 2.36. The second-order valence-electron chi connectivity index (χ2n) is 6.34. The number of amides is 2. The van der Waals surface area contributed by atoms with Gasteiger partial charge >= 0.3 is 6.03 Å². The summed E-state index contributed by atoms with van der Waals surface area (Å²) in [5.74, 6) is 2.16. The summed E-state index contributed by atoms with van der Waals surface area (Å²) in [6.07, 6.45) is 2.50. The number of methoxy groups -OCH3 is 1. The van der Waals surface area contributed by atoms with Gasteiger partial charge in [0.2, 0.25) is 0 Å². The Bertz CT molecular complexity index is 841. The molecule has 2 rings (SSSR count). The Labute approximate surface area is 175 Å². The monoisotopic (exact) mass is 419 g/mol. The molecule has 156 valence electrons. The summed E-state index contributed by atoms with van der Waals surface area (Å²) in [4.78, 5) is 10.7. The lowest BCUT2D eigenvalue weighted by Gasteiger charge is -2.14. The van der Waals surface area contributed by atoms with Crippen molar-refractivity contribution in [2.45, 2.75) is 26.2 Å². The fourth-order valence-electron chi connectivity index (χ4n) is 2.56. The number of halogens is 1. The van der Waals surface area contributed by atoms with Crippen molar-refractivity contribution in [1.29, 1.82) is 0 Å². The Kier molecular flexibility index (Phi) is 8.61. The Hall–Kier alpha value is -2.93. The van der Waals surface area contributed by atoms with E-state index in [9.17, 15) is 4.79 Å². The summed E-state index contributed by atoms with van der Waals surface area (Å²) < 4.78 is 16.8. The average Bonchev–Trinajstić information content (AvgIpc) is 2.71. The zero-order valence-corrected chi connectivity index (χ0v) is 17.5. The van der Waals surface area contributed by atoms with E-state index in [1.807, 2.05) is 12.1 Å². The zero-order valence-electron chi connectivity index (χ0n) is 16.8. The molecule has 0 saturated carbocycles. The van der Waals surface area contributed by atoms with Crippen molar-refractivity contribution in [2.24, 2.45) is 10.8 Å². The van der Waals surface area contributed by atoms with Crippen molar-refractivity contribution in [3.05, 3.63) is 52.5 Å². The van der Waals surface area contributed by atoms with E-state index in [0.29, 0.717) is 41.2 Å². The topological polar surface area (TPSA) is 95.2 Å². The van der Waals surface area contributed by atoms with Crippen LogP contribution in [0.25, 0.3) is 0 Å². The smallest absolute Gasteiger partial charge is 0.332 e. The number of urea groups is 1. The summed E-state index contributed by atoms with van der Waals surface area (Å²) in [7, 11) is 1.51. The standard InChI is InChI=1S/C21H26ClN3O4/c1-4-14(2)16-5-7-17(8-6-16)28-9-10-29-20-18(22)11-15(12-19(20)27-3)13-24-25-21(23)26/h5-8,11-14H,4,9-10H2,1-3H3,(H3,23,25,26)/b24-13-/t14-/m0/s1. The highest BCUT2D eigenvalue weighted by atomic mass is 35.5. The fourth-order valence-corrected chi connectivity index (χ4v) is 2.83. The summed E-state index contributed by atoms with van der Waals surface area (Å²) >= 11 is 6.29. The predicted molar refractivity (Wildman–Crippen MR) is 114 cm³/mol. The highest BCUT2D eigenvalue weighted by molar-refractivity contribution is 6.32. The van der Waals surface area contributed by atoms with Gasteiger partial charge in [0.25, 0.3) is 0 Å². The minimum absolute atomic E-state index is 0.292. The lowest BCUT2D eigenvalue weighted by Crippen LogP contribution is -2.24. The quantitative estimate of drug-likeness (QED) is 0.340. The lowest BCUT2D eigenvalue weighted by atomic mass is 9.99. The van der Waals surface area contributed by atoms with Crippen molar-refractivity contribution in [2.75, 3.05) is 20.3 Å². The number of ether oxygens (including phenoxy) is 3. The molecule has 2 aromatic rings. The molecule has 2 amide bonds. The first-order valence-electron chi connectivity index (χ1n) is 9.26. The second kappa shape index (κ2) is 11.2. The van der Waals surface area contributed by atoms with E-state index >= 15 is 0 Å². The molecule has 0 fully saturated rings. The maximum atomic E-state index is 10.7. The minimum atomic E-state index is -0.756. The molecule has 0 radical (unpaired) electrons. The molecule has 8 heteroatoms. The number of hydrogen-bond donors (Lipinski definition) is 2. The molecule has 1 atom stereocenters. The number of carbonyl (C=O) groups excluding carboxylic acids is 1. The number of nitrogens with two attached hydrogens (primary N) is 1. The number of hydrazone groups is 1. The molecule has 0 aromatic heterocycles. The number of benzene rings is 2. The van der Waals surface area contributed by atoms with Crippen LogP contribution in [0, 0.1) is 0 Å². The van der Waals surface area contributed by atoms with E-state index in [2.05, 4.69) is 36.5 Å². The Morgan fingerprint density at radius 1 is 1.24 bits per heavy atom. The summed E-state index contributed by atoms with van der Waals surface area (Å²) in [5.41, 5.74) is 8.98. The maximum Gasteiger partial charge on any atom is 0.332 e. The van der Waals surface area contributed by atoms with Crippen LogP contribution < -0.4 is 25.4 Å². The highest BCUT2D eigenvalue weighted by Gasteiger charge is 2.12. The molecule has 0 bridgehead atoms. The van der Waals surface area contributed by atoms with Crippen molar-refractivity contribution < 1.29 is 19.0 Å². The van der Waals surface area contributed by atoms with Crippen molar-refractivity contribution >= 4 is 23.8 Å². The van der Waals surface area contributed by atoms with E-state index in [0.717, 1.165) is 12.2 Å². The third-order valence-corrected chi connectivity index (χ3v) is 4.58. The normalized spacial score (nSPS) is 11.9. The van der Waals surface area contributed by atoms with E-state index in [1.165, 1.54) is 18.9 Å². The lowest BCUT2D eigenvalue weighted by molar-refractivity contribution is 0.211. The molecule has 0 aliphatic rings. The van der Waals surface area contributed by atoms with Gasteiger partial charge in [-0.25, -0.2) is 10.2 Å². The maximum absolute atomic E-state index is 10.7. The summed E-state index contributed by atoms with van der Waals surface area (Å²) in [6, 6.07) is 10.7. The van der Waals surface area contributed by atoms with E-state index < -0.39 is 6.03 Å². The largest absolute Gasteiger partial charge is 0.493 e. The summed E-state index contributed by atoms with van der Waals surface area (Å²) in [5, 5.41) is 4.04. The van der Waals surface area contributed by atoms with Crippen LogP contribution in [-0.4, -0.2) is 32.6 Å². The fraction of sp³-hybridized carbons (Fsp3) is 0.333. The molecule has 0 spiro atoms. The van der Waals surface area contributed by atoms with Crippen LogP contribution in [-0.2, 0) is 0 Å². The van der Waals surface area contributed by atoms with Crippen molar-refractivity contribution in [3.63, 3.8) is 0 Å². The van der Waals surface area contributed by atoms with Gasteiger partial charge in [0.05, 0.1) is 18.3 Å². The van der Waals surface area contributed by atoms with Crippen molar-refractivity contribution in [3.8, 4) is 17.2 Å². The third kappa shape index (κ3) is 6.87. The second-order valence-corrected chi connectivity index (χ2v) is 6.75. The van der Waals surface area contributed by atoms with Crippen LogP contribution >= 0.6 is 11.6 Å². The molecule has 2 aromatic carbocycles. The van der Waals surface area contributed by atoms with Crippen LogP contribution in [0.2, 0.25) is 5.02 Å². The molecule has 0 unspecified atom stereocenters. The van der Waals surface area contributed by atoms with Gasteiger partial charge < -0.3 is 19.9 Å². The van der Waals surface area contributed by atoms with Gasteiger partial charge in [0.15, 0.2) is 11.5 Å². The summed E-state index contributed by atoms with van der Waals surface area (Å²) in [6.45, 7) is 5.02. The molecule has 0 heterocycles. The zero-order chi connectivity index (χ0) is 21.2. The Morgan fingerprint density at radius 2 is 1.93 bits per heavy atom. The average molecular weight is 420 g/mol. The van der Waals surface area contributed by atoms with E-state index in [-0.39, 0.29) is 0 Å². The van der Waals surface area contributed by atoms with Gasteiger partial charge in [0.1, 0.15) is 19.0 Å². The SMILES string of the molecule is CC[C@H](C)c1ccc(OCCOc2c(Cl)cc(/C=N\NC(N)=O)cc2OC)cc1. The molecule has 0 aliphatic heterocycles. The first-order chi connectivity index (χ1) is 13.9. The first-order valence-corrected chi connectivity index (χ1v) is 9.64. The van der Waals surface area contributed by atoms with Crippen LogP contribution in [0.5, 0.6) is 17.2 Å². The molecular formula is C21H26ClN3O4. The van der Waals surface area contributed by atoms with Gasteiger partial charge in [-0.15, -0.1) is 0 Å². The number of nitrogens with zero attached hydrogens (tertiary/aromatic N) is 1. The minimum Gasteiger partial charge on any atom is -0.493 e. The Morgan fingerprint density at radius 3 is 2.55 bits per heavy atom. The van der Waals surface area contributed by atoms with Crippen molar-refractivity contribution in [1.82, 2.24) is 5.43 Å². The van der Waals surface area contributed by atoms with E-state index in [1.54, 1.807) is 12.1 Å². The van der Waals surface area contributed by atoms with Gasteiger partial charge in [-0.2, -0.15) is 5.10 Å². The number of hydrogen-bond acceptors (Lipinski definition) is 5. The number of primary amides is 1. The molecular weight excluding hydrogens is 394 g/mol. The van der Waals surface area contributed by atoms with Crippen LogP contribution in [0.15, 0.2) is 41.5 Å². The first kappa shape index (κ1) is 22.4. The van der Waals surface area contributed by atoms with Gasteiger partial charge in [-0.05, 0) is 47.7 Å². The van der Waals surface area contributed by atoms with Crippen LogP contribution in [0.1, 0.15) is 37.3 Å². The predicted octanol–water partition coefficient (Wildman–Crippen LogP) is 4.32. The molecule has 29 heavy (non-hydrogen) atoms. The molecule has 0 aliphatic carbocycles. The number of rotatable bonds is 10. The number of nitrogens with one attached hydrogen (secondary N) is 1. The molecule has 7 nitrogen and oxygen atoms in total. The Balaban J connectivity index is 1.92.